The lowest BCUT2D eigenvalue weighted by Gasteiger charge is -2.02. The van der Waals surface area contributed by atoms with Gasteiger partial charge >= 0.3 is 0 Å². The van der Waals surface area contributed by atoms with Gasteiger partial charge in [-0.2, -0.15) is 5.26 Å². The minimum absolute atomic E-state index is 0.0404. The zero-order valence-corrected chi connectivity index (χ0v) is 10.8. The van der Waals surface area contributed by atoms with E-state index in [1.54, 1.807) is 23.2 Å². The normalized spacial score (nSPS) is 12.8. The van der Waals surface area contributed by atoms with Gasteiger partial charge in [-0.3, -0.25) is 0 Å². The van der Waals surface area contributed by atoms with Crippen molar-refractivity contribution in [1.82, 2.24) is 4.90 Å². The van der Waals surface area contributed by atoms with E-state index in [-0.39, 0.29) is 10.7 Å². The molecule has 0 spiro atoms. The van der Waals surface area contributed by atoms with Gasteiger partial charge in [0.2, 0.25) is 0 Å². The highest BCUT2D eigenvalue weighted by Gasteiger charge is 2.15. The fraction of sp³-hybridized carbons (Fsp3) is 0.545. The van der Waals surface area contributed by atoms with Crippen molar-refractivity contribution >= 4 is 9.84 Å². The van der Waals surface area contributed by atoms with Crippen LogP contribution in [0.2, 0.25) is 0 Å². The maximum Gasteiger partial charge on any atom is 0.188 e. The molecule has 90 valence electrons. The van der Waals surface area contributed by atoms with E-state index in [0.29, 0.717) is 6.42 Å². The minimum Gasteiger partial charge on any atom is -0.383 e. The first-order valence-corrected chi connectivity index (χ1v) is 6.77. The number of nitriles is 1. The third-order valence-corrected chi connectivity index (χ3v) is 3.57. The second-order valence-corrected chi connectivity index (χ2v) is 5.70. The summed E-state index contributed by atoms with van der Waals surface area (Å²) in [5, 5.41) is 8.78. The fourth-order valence-electron chi connectivity index (χ4n) is 0.957. The maximum atomic E-state index is 11.7. The highest BCUT2D eigenvalue weighted by atomic mass is 32.2. The summed E-state index contributed by atoms with van der Waals surface area (Å²) in [5.74, 6) is 0.0404. The molecule has 0 aromatic carbocycles. The Labute approximate surface area is 97.8 Å². The van der Waals surface area contributed by atoms with E-state index in [4.69, 9.17) is 5.26 Å². The number of rotatable bonds is 6. The van der Waals surface area contributed by atoms with Crippen molar-refractivity contribution in [2.45, 2.75) is 19.8 Å². The first-order chi connectivity index (χ1) is 7.44. The summed E-state index contributed by atoms with van der Waals surface area (Å²) in [6.45, 7) is 1.91. The van der Waals surface area contributed by atoms with E-state index < -0.39 is 9.84 Å². The van der Waals surface area contributed by atoms with Crippen molar-refractivity contribution in [3.8, 4) is 6.07 Å². The third kappa shape index (κ3) is 5.56. The van der Waals surface area contributed by atoms with Gasteiger partial charge in [-0.05, 0) is 24.8 Å². The van der Waals surface area contributed by atoms with Crippen LogP contribution in [0.3, 0.4) is 0 Å². The SMILES string of the molecule is CCCCS(=O)(=O)C(C#N)=CC=CN(C)C. The van der Waals surface area contributed by atoms with Crippen LogP contribution < -0.4 is 0 Å². The van der Waals surface area contributed by atoms with Crippen molar-refractivity contribution in [3.05, 3.63) is 23.3 Å². The van der Waals surface area contributed by atoms with Crippen molar-refractivity contribution in [2.75, 3.05) is 19.8 Å². The predicted octanol–water partition coefficient (Wildman–Crippen LogP) is 1.68. The van der Waals surface area contributed by atoms with Gasteiger partial charge in [-0.15, -0.1) is 0 Å². The molecule has 0 rings (SSSR count). The molecule has 0 amide bonds. The van der Waals surface area contributed by atoms with Crippen LogP contribution in [0, 0.1) is 11.3 Å². The van der Waals surface area contributed by atoms with E-state index >= 15 is 0 Å². The highest BCUT2D eigenvalue weighted by molar-refractivity contribution is 7.95. The number of hydrogen-bond donors (Lipinski definition) is 0. The molecule has 0 bridgehead atoms. The quantitative estimate of drug-likeness (QED) is 0.525. The summed E-state index contributed by atoms with van der Waals surface area (Å²) in [7, 11) is 0.241. The molecule has 0 aliphatic rings. The lowest BCUT2D eigenvalue weighted by Crippen LogP contribution is -2.08. The molecule has 5 heteroatoms. The van der Waals surface area contributed by atoms with Gasteiger partial charge in [0.15, 0.2) is 9.84 Å². The number of nitrogens with zero attached hydrogens (tertiary/aromatic N) is 2. The van der Waals surface area contributed by atoms with Gasteiger partial charge in [0.05, 0.1) is 5.75 Å². The minimum atomic E-state index is -3.40. The molecule has 0 fully saturated rings. The van der Waals surface area contributed by atoms with Crippen molar-refractivity contribution in [3.63, 3.8) is 0 Å². The van der Waals surface area contributed by atoms with Crippen LogP contribution in [0.15, 0.2) is 23.3 Å². The van der Waals surface area contributed by atoms with Gasteiger partial charge in [0.1, 0.15) is 11.0 Å². The lowest BCUT2D eigenvalue weighted by atomic mass is 10.4. The van der Waals surface area contributed by atoms with E-state index in [1.807, 2.05) is 21.0 Å². The monoisotopic (exact) mass is 242 g/mol. The second-order valence-electron chi connectivity index (χ2n) is 3.62. The summed E-state index contributed by atoms with van der Waals surface area (Å²) < 4.78 is 23.3. The highest BCUT2D eigenvalue weighted by Crippen LogP contribution is 2.09. The summed E-state index contributed by atoms with van der Waals surface area (Å²) in [6, 6.07) is 1.73. The molecular weight excluding hydrogens is 224 g/mol. The Morgan fingerprint density at radius 1 is 1.44 bits per heavy atom. The van der Waals surface area contributed by atoms with Crippen LogP contribution in [0.1, 0.15) is 19.8 Å². The van der Waals surface area contributed by atoms with Gasteiger partial charge in [0, 0.05) is 14.1 Å². The van der Waals surface area contributed by atoms with Crippen LogP contribution in [0.5, 0.6) is 0 Å². The second kappa shape index (κ2) is 7.07. The molecule has 0 aliphatic carbocycles. The summed E-state index contributed by atoms with van der Waals surface area (Å²) in [4.78, 5) is 1.60. The summed E-state index contributed by atoms with van der Waals surface area (Å²) in [6.07, 6.45) is 5.96. The molecule has 0 heterocycles. The molecule has 0 saturated heterocycles. The maximum absolute atomic E-state index is 11.7. The third-order valence-electron chi connectivity index (χ3n) is 1.84. The smallest absolute Gasteiger partial charge is 0.188 e. The predicted molar refractivity (Wildman–Crippen MR) is 65.2 cm³/mol. The molecule has 0 N–H and O–H groups in total. The van der Waals surface area contributed by atoms with Gasteiger partial charge in [-0.25, -0.2) is 8.42 Å². The van der Waals surface area contributed by atoms with Gasteiger partial charge < -0.3 is 4.90 Å². The van der Waals surface area contributed by atoms with E-state index in [1.165, 1.54) is 6.08 Å². The Kier molecular flexibility index (Phi) is 6.50. The molecular formula is C11H18N2O2S. The van der Waals surface area contributed by atoms with Crippen LogP contribution >= 0.6 is 0 Å². The molecule has 0 saturated carbocycles. The number of unbranched alkanes of at least 4 members (excludes halogenated alkanes) is 1. The summed E-state index contributed by atoms with van der Waals surface area (Å²) >= 11 is 0. The molecule has 0 aliphatic heterocycles. The van der Waals surface area contributed by atoms with E-state index in [9.17, 15) is 8.42 Å². The van der Waals surface area contributed by atoms with Crippen LogP contribution in [-0.4, -0.2) is 33.2 Å². The first kappa shape index (κ1) is 14.7. The van der Waals surface area contributed by atoms with Crippen molar-refractivity contribution in [1.29, 1.82) is 5.26 Å². The van der Waals surface area contributed by atoms with Gasteiger partial charge in [-0.1, -0.05) is 13.3 Å². The summed E-state index contributed by atoms with van der Waals surface area (Å²) in [5.41, 5.74) is 0. The Morgan fingerprint density at radius 3 is 2.50 bits per heavy atom. The first-order valence-electron chi connectivity index (χ1n) is 5.11. The molecule has 0 atom stereocenters. The van der Waals surface area contributed by atoms with Crippen LogP contribution in [0.4, 0.5) is 0 Å². The Balaban J connectivity index is 4.81. The molecule has 0 aromatic rings. The van der Waals surface area contributed by atoms with Crippen molar-refractivity contribution in [2.24, 2.45) is 0 Å². The molecule has 0 aromatic heterocycles. The average molecular weight is 242 g/mol. The van der Waals surface area contributed by atoms with Gasteiger partial charge in [0.25, 0.3) is 0 Å². The number of hydrogen-bond acceptors (Lipinski definition) is 4. The van der Waals surface area contributed by atoms with Crippen LogP contribution in [-0.2, 0) is 9.84 Å². The molecule has 0 radical (unpaired) electrons. The molecule has 0 unspecified atom stereocenters. The Morgan fingerprint density at radius 2 is 2.06 bits per heavy atom. The van der Waals surface area contributed by atoms with Crippen molar-refractivity contribution < 1.29 is 8.42 Å². The number of sulfone groups is 1. The zero-order valence-electron chi connectivity index (χ0n) is 9.97. The van der Waals surface area contributed by atoms with E-state index in [2.05, 4.69) is 0 Å². The standard InChI is InChI=1S/C11H18N2O2S/c1-4-5-9-16(14,15)11(10-12)7-6-8-13(2)3/h6-8H,4-5,9H2,1-3H3. The topological polar surface area (TPSA) is 61.2 Å². The Bertz CT molecular complexity index is 400. The van der Waals surface area contributed by atoms with Crippen LogP contribution in [0.25, 0.3) is 0 Å². The lowest BCUT2D eigenvalue weighted by molar-refractivity contribution is 0.564. The van der Waals surface area contributed by atoms with E-state index in [0.717, 1.165) is 6.42 Å². The molecule has 16 heavy (non-hydrogen) atoms. The molecule has 4 nitrogen and oxygen atoms in total. The largest absolute Gasteiger partial charge is 0.383 e. The number of allylic oxidation sites excluding steroid dienone is 3. The Hall–Kier alpha value is -1.28. The fourth-order valence-corrected chi connectivity index (χ4v) is 2.27. The average Bonchev–Trinajstić information content (AvgIpc) is 2.21. The zero-order chi connectivity index (χ0) is 12.6.